The van der Waals surface area contributed by atoms with Gasteiger partial charge in [0.15, 0.2) is 0 Å². The summed E-state index contributed by atoms with van der Waals surface area (Å²) >= 11 is 0. The number of aryl methyl sites for hydroxylation is 2. The van der Waals surface area contributed by atoms with E-state index in [0.717, 1.165) is 22.1 Å². The van der Waals surface area contributed by atoms with Crippen molar-refractivity contribution in [2.75, 3.05) is 20.0 Å². The van der Waals surface area contributed by atoms with Gasteiger partial charge in [0.05, 0.1) is 56.8 Å². The average molecular weight is 564 g/mol. The van der Waals surface area contributed by atoms with E-state index in [4.69, 9.17) is 15.2 Å². The maximum Gasteiger partial charge on any atom is 0.272 e. The first-order chi connectivity index (χ1) is 19.5. The molecule has 0 aliphatic carbocycles. The number of H-pyrrole nitrogens is 2. The molecule has 0 radical (unpaired) electrons. The van der Waals surface area contributed by atoms with Gasteiger partial charge >= 0.3 is 0 Å². The maximum absolute atomic E-state index is 11.0. The van der Waals surface area contributed by atoms with Crippen LogP contribution in [0, 0.1) is 20.2 Å². The van der Waals surface area contributed by atoms with Crippen LogP contribution in [0.3, 0.4) is 0 Å². The first-order valence-corrected chi connectivity index (χ1v) is 11.8. The molecule has 16 heteroatoms. The van der Waals surface area contributed by atoms with E-state index in [1.54, 1.807) is 29.6 Å². The minimum absolute atomic E-state index is 0.0359. The minimum atomic E-state index is -0.536. The third kappa shape index (κ3) is 5.75. The van der Waals surface area contributed by atoms with Gasteiger partial charge in [-0.05, 0) is 30.3 Å². The Morgan fingerprint density at radius 3 is 1.78 bits per heavy atom. The molecule has 0 unspecified atom stereocenters. The lowest BCUT2D eigenvalue weighted by Crippen LogP contribution is -1.97. The molecule has 0 saturated carbocycles. The number of aromatic nitrogens is 6. The lowest BCUT2D eigenvalue weighted by atomic mass is 10.2. The number of ether oxygens (including phenoxy) is 2. The molecule has 6 rings (SSSR count). The Morgan fingerprint density at radius 2 is 1.24 bits per heavy atom. The number of nitrogens with zero attached hydrogens (tertiary/aromatic N) is 6. The van der Waals surface area contributed by atoms with Gasteiger partial charge in [0.2, 0.25) is 11.8 Å². The summed E-state index contributed by atoms with van der Waals surface area (Å²) in [6.45, 7) is 0. The summed E-state index contributed by atoms with van der Waals surface area (Å²) in [7, 11) is 6.73. The number of hydrogen-bond donors (Lipinski definition) is 3. The van der Waals surface area contributed by atoms with Crippen molar-refractivity contribution in [3.63, 3.8) is 0 Å². The fourth-order valence-electron chi connectivity index (χ4n) is 4.02. The van der Waals surface area contributed by atoms with E-state index < -0.39 is 9.85 Å². The van der Waals surface area contributed by atoms with E-state index >= 15 is 0 Å². The molecule has 16 nitrogen and oxygen atoms in total. The number of rotatable bonds is 4. The Morgan fingerprint density at radius 1 is 0.756 bits per heavy atom. The van der Waals surface area contributed by atoms with Crippen molar-refractivity contribution in [3.8, 4) is 11.8 Å². The molecule has 0 aliphatic rings. The van der Waals surface area contributed by atoms with Crippen LogP contribution in [0.25, 0.3) is 32.7 Å². The van der Waals surface area contributed by atoms with Gasteiger partial charge in [-0.25, -0.2) is 0 Å². The summed E-state index contributed by atoms with van der Waals surface area (Å²) < 4.78 is 13.5. The molecule has 3 aromatic heterocycles. The number of fused-ring (bicyclic) bond motifs is 3. The van der Waals surface area contributed by atoms with Crippen LogP contribution in [0.1, 0.15) is 0 Å². The van der Waals surface area contributed by atoms with Crippen LogP contribution in [0.5, 0.6) is 11.8 Å². The zero-order chi connectivity index (χ0) is 29.8. The van der Waals surface area contributed by atoms with Gasteiger partial charge in [0, 0.05) is 44.0 Å². The smallest absolute Gasteiger partial charge is 0.272 e. The number of anilines is 1. The second-order valence-electron chi connectivity index (χ2n) is 8.57. The molecule has 0 amide bonds. The van der Waals surface area contributed by atoms with Crippen LogP contribution in [0.4, 0.5) is 17.1 Å². The number of nitrogen functional groups attached to an aromatic ring is 1. The number of benzene rings is 3. The third-order valence-electron chi connectivity index (χ3n) is 6.01. The number of methoxy groups -OCH3 is 2. The second kappa shape index (κ2) is 11.4. The van der Waals surface area contributed by atoms with Crippen molar-refractivity contribution in [2.45, 2.75) is 0 Å². The summed E-state index contributed by atoms with van der Waals surface area (Å²) in [4.78, 5) is 31.0. The van der Waals surface area contributed by atoms with E-state index in [2.05, 4.69) is 20.4 Å². The van der Waals surface area contributed by atoms with E-state index in [9.17, 15) is 25.0 Å². The van der Waals surface area contributed by atoms with Crippen LogP contribution in [-0.4, -0.2) is 53.8 Å². The van der Waals surface area contributed by atoms with Crippen molar-refractivity contribution in [2.24, 2.45) is 14.1 Å². The Balaban J connectivity index is 0.000000142. The fourth-order valence-corrected chi connectivity index (χ4v) is 4.02. The average Bonchev–Trinajstić information content (AvgIpc) is 3.60. The number of non-ortho nitro benzene ring substituents is 2. The zero-order valence-corrected chi connectivity index (χ0v) is 22.3. The third-order valence-corrected chi connectivity index (χ3v) is 6.01. The van der Waals surface area contributed by atoms with Crippen molar-refractivity contribution in [3.05, 3.63) is 85.2 Å². The minimum Gasteiger partial charge on any atom is -0.479 e. The highest BCUT2D eigenvalue weighted by Gasteiger charge is 2.14. The molecule has 41 heavy (non-hydrogen) atoms. The van der Waals surface area contributed by atoms with E-state index in [1.165, 1.54) is 37.4 Å². The summed E-state index contributed by atoms with van der Waals surface area (Å²) in [5.41, 5.74) is 8.38. The highest BCUT2D eigenvalue weighted by Crippen LogP contribution is 2.28. The second-order valence-corrected chi connectivity index (χ2v) is 8.57. The number of nitro benzene ring substituents is 2. The first kappa shape index (κ1) is 28.1. The van der Waals surface area contributed by atoms with Gasteiger partial charge in [0.1, 0.15) is 0 Å². The summed E-state index contributed by atoms with van der Waals surface area (Å²) in [5.74, 6) is 1.01. The van der Waals surface area contributed by atoms with Crippen molar-refractivity contribution >= 4 is 49.8 Å². The van der Waals surface area contributed by atoms with Gasteiger partial charge in [-0.1, -0.05) is 0 Å². The summed E-state index contributed by atoms with van der Waals surface area (Å²) in [6, 6.07) is 14.3. The lowest BCUT2D eigenvalue weighted by Gasteiger charge is -1.95. The van der Waals surface area contributed by atoms with Crippen LogP contribution < -0.4 is 20.8 Å². The predicted octanol–water partition coefficient (Wildman–Crippen LogP) is 3.42. The topological polar surface area (TPSA) is 215 Å². The molecule has 3 aromatic carbocycles. The Hall–Kier alpha value is -5.93. The monoisotopic (exact) mass is 563 g/mol. The number of nitrogens with two attached hydrogens (primary N) is 1. The SMILES string of the molecule is COc1nn(C)c2ccc(N)cc12.COc1nn(C)c2ccc([N+](=O)[O-])cc12.O=c1[nH][nH]c2ccc([N+](=O)[O-])cc12. The Kier molecular flexibility index (Phi) is 7.84. The molecule has 212 valence electrons. The van der Waals surface area contributed by atoms with Gasteiger partial charge in [-0.15, -0.1) is 10.2 Å². The Bertz CT molecular complexity index is 1950. The lowest BCUT2D eigenvalue weighted by molar-refractivity contribution is -0.384. The highest BCUT2D eigenvalue weighted by molar-refractivity contribution is 5.87. The molecular weight excluding hydrogens is 538 g/mol. The quantitative estimate of drug-likeness (QED) is 0.161. The molecule has 0 atom stereocenters. The van der Waals surface area contributed by atoms with E-state index in [1.807, 2.05) is 25.2 Å². The van der Waals surface area contributed by atoms with E-state index in [0.29, 0.717) is 28.0 Å². The molecule has 4 N–H and O–H groups in total. The van der Waals surface area contributed by atoms with Crippen molar-refractivity contribution in [1.29, 1.82) is 0 Å². The van der Waals surface area contributed by atoms with Gasteiger partial charge in [-0.2, -0.15) is 0 Å². The molecule has 0 bridgehead atoms. The molecule has 0 saturated heterocycles. The number of aromatic amines is 2. The largest absolute Gasteiger partial charge is 0.479 e. The molecule has 0 aliphatic heterocycles. The number of hydrogen-bond acceptors (Lipinski definition) is 10. The van der Waals surface area contributed by atoms with Gasteiger partial charge in [-0.3, -0.25) is 44.6 Å². The predicted molar refractivity (Wildman–Crippen MR) is 151 cm³/mol. The van der Waals surface area contributed by atoms with Crippen LogP contribution >= 0.6 is 0 Å². The van der Waals surface area contributed by atoms with Gasteiger partial charge in [0.25, 0.3) is 16.9 Å². The van der Waals surface area contributed by atoms with Crippen molar-refractivity contribution < 1.29 is 19.3 Å². The summed E-state index contributed by atoms with van der Waals surface area (Å²) in [5, 5.41) is 36.0. The molecular formula is C25H25N9O7. The highest BCUT2D eigenvalue weighted by atomic mass is 16.6. The van der Waals surface area contributed by atoms with Crippen molar-refractivity contribution in [1.82, 2.24) is 29.8 Å². The first-order valence-electron chi connectivity index (χ1n) is 11.8. The zero-order valence-electron chi connectivity index (χ0n) is 22.3. The number of nitro groups is 2. The molecule has 0 spiro atoms. The van der Waals surface area contributed by atoms with Crippen LogP contribution in [0.15, 0.2) is 59.4 Å². The standard InChI is InChI=1S/C9H9N3O3.C9H11N3O.C7H5N3O3/c1-11-8-4-3-6(12(13)14)5-7(8)9(10-11)15-2;1-12-8-4-3-6(10)5-7(8)9(11-12)13-2;11-7-5-3-4(10(12)13)1-2-6(5)8-9-7/h3-5H,1-2H3;3-5H,10H2,1-2H3;1-3H,(H2,8,9,11). The van der Waals surface area contributed by atoms with E-state index in [-0.39, 0.29) is 16.9 Å². The maximum atomic E-state index is 11.0. The molecule has 0 fully saturated rings. The number of nitrogens with one attached hydrogen (secondary N) is 2. The summed E-state index contributed by atoms with van der Waals surface area (Å²) in [6.07, 6.45) is 0. The Labute approximate surface area is 230 Å². The molecule has 3 heterocycles. The van der Waals surface area contributed by atoms with Crippen LogP contribution in [-0.2, 0) is 14.1 Å². The van der Waals surface area contributed by atoms with Gasteiger partial charge < -0.3 is 15.2 Å². The normalized spacial score (nSPS) is 10.5. The fraction of sp³-hybridized carbons (Fsp3) is 0.160. The molecule has 6 aromatic rings. The van der Waals surface area contributed by atoms with Crippen LogP contribution in [0.2, 0.25) is 0 Å².